The molecule has 0 spiro atoms. The van der Waals surface area contributed by atoms with Gasteiger partial charge in [0.2, 0.25) is 0 Å². The second kappa shape index (κ2) is 3.73. The highest BCUT2D eigenvalue weighted by molar-refractivity contribution is 5.49. The Morgan fingerprint density at radius 3 is 2.11 bits per heavy atom. The van der Waals surface area contributed by atoms with Gasteiger partial charge in [-0.1, -0.05) is 12.1 Å². The Morgan fingerprint density at radius 2 is 1.78 bits per heavy atom. The van der Waals surface area contributed by atoms with Gasteiger partial charge in [-0.25, -0.2) is 0 Å². The fraction of sp³-hybridized carbons (Fsp3) is 0.533. The molecule has 0 bridgehead atoms. The van der Waals surface area contributed by atoms with Crippen LogP contribution in [0.25, 0.3) is 0 Å². The summed E-state index contributed by atoms with van der Waals surface area (Å²) in [5, 5.41) is 9.45. The lowest BCUT2D eigenvalue weighted by Gasteiger charge is -2.45. The van der Waals surface area contributed by atoms with Crippen molar-refractivity contribution in [3.8, 4) is 6.07 Å². The smallest absolute Gasteiger partial charge is 0.0716 e. The lowest BCUT2D eigenvalue weighted by Crippen LogP contribution is -2.53. The molecule has 1 aromatic carbocycles. The van der Waals surface area contributed by atoms with E-state index in [9.17, 15) is 5.26 Å². The van der Waals surface area contributed by atoms with E-state index in [2.05, 4.69) is 35.2 Å². The summed E-state index contributed by atoms with van der Waals surface area (Å²) >= 11 is 0. The normalized spacial score (nSPS) is 22.7. The van der Waals surface area contributed by atoms with Gasteiger partial charge in [-0.05, 0) is 30.5 Å². The third-order valence-corrected chi connectivity index (χ3v) is 4.51. The number of hydrogen-bond acceptors (Lipinski definition) is 3. The van der Waals surface area contributed by atoms with Gasteiger partial charge >= 0.3 is 0 Å². The number of benzene rings is 1. The molecule has 3 heteroatoms. The van der Waals surface area contributed by atoms with Gasteiger partial charge in [0.1, 0.15) is 0 Å². The average molecular weight is 242 g/mol. The number of nitriles is 1. The molecule has 2 fully saturated rings. The van der Waals surface area contributed by atoms with Crippen LogP contribution in [-0.4, -0.2) is 27.3 Å². The standard InChI is InChI=1S/C15H18N2O/c1-17(2)13-5-3-12(4-6-13)15(10-18-11-15)14(9-16)7-8-14/h3-6H,7-8,10-11H2,1-2H3. The van der Waals surface area contributed by atoms with Gasteiger partial charge in [0.05, 0.1) is 30.1 Å². The highest BCUT2D eigenvalue weighted by atomic mass is 16.5. The Balaban J connectivity index is 1.96. The van der Waals surface area contributed by atoms with Crippen molar-refractivity contribution in [3.05, 3.63) is 29.8 Å². The third kappa shape index (κ3) is 1.39. The van der Waals surface area contributed by atoms with Crippen LogP contribution in [0, 0.1) is 16.7 Å². The molecule has 0 aromatic heterocycles. The second-order valence-corrected chi connectivity index (χ2v) is 5.71. The lowest BCUT2D eigenvalue weighted by molar-refractivity contribution is -0.0867. The molecule has 1 aromatic rings. The molecule has 2 aliphatic rings. The minimum atomic E-state index is -0.162. The summed E-state index contributed by atoms with van der Waals surface area (Å²) in [6.07, 6.45) is 2.03. The zero-order valence-electron chi connectivity index (χ0n) is 10.9. The van der Waals surface area contributed by atoms with E-state index >= 15 is 0 Å². The summed E-state index contributed by atoms with van der Waals surface area (Å²) in [6, 6.07) is 11.1. The minimum Gasteiger partial charge on any atom is -0.379 e. The van der Waals surface area contributed by atoms with Crippen molar-refractivity contribution in [2.24, 2.45) is 5.41 Å². The number of rotatable bonds is 3. The van der Waals surface area contributed by atoms with Crippen molar-refractivity contribution in [2.45, 2.75) is 18.3 Å². The number of nitrogens with zero attached hydrogens (tertiary/aromatic N) is 2. The molecule has 0 unspecified atom stereocenters. The van der Waals surface area contributed by atoms with Crippen LogP contribution < -0.4 is 4.90 Å². The number of anilines is 1. The molecule has 3 nitrogen and oxygen atoms in total. The predicted octanol–water partition coefficient (Wildman–Crippen LogP) is 2.32. The molecule has 0 atom stereocenters. The van der Waals surface area contributed by atoms with Gasteiger partial charge in [-0.2, -0.15) is 5.26 Å². The zero-order chi connectivity index (χ0) is 12.8. The molecular weight excluding hydrogens is 224 g/mol. The van der Waals surface area contributed by atoms with Crippen molar-refractivity contribution in [2.75, 3.05) is 32.2 Å². The Morgan fingerprint density at radius 1 is 1.17 bits per heavy atom. The summed E-state index contributed by atoms with van der Waals surface area (Å²) in [4.78, 5) is 2.09. The maximum absolute atomic E-state index is 9.45. The van der Waals surface area contributed by atoms with E-state index in [1.807, 2.05) is 14.1 Å². The molecule has 1 aliphatic heterocycles. The van der Waals surface area contributed by atoms with Gasteiger partial charge < -0.3 is 9.64 Å². The van der Waals surface area contributed by atoms with Crippen molar-refractivity contribution in [1.82, 2.24) is 0 Å². The van der Waals surface area contributed by atoms with Crippen LogP contribution in [-0.2, 0) is 10.2 Å². The first kappa shape index (κ1) is 11.6. The minimum absolute atomic E-state index is 0.0490. The van der Waals surface area contributed by atoms with E-state index in [0.717, 1.165) is 12.8 Å². The van der Waals surface area contributed by atoms with E-state index in [1.165, 1.54) is 11.3 Å². The first-order chi connectivity index (χ1) is 8.63. The summed E-state index contributed by atoms with van der Waals surface area (Å²) in [5.41, 5.74) is 2.24. The summed E-state index contributed by atoms with van der Waals surface area (Å²) in [5.74, 6) is 0. The van der Waals surface area contributed by atoms with Gasteiger partial charge in [0.25, 0.3) is 0 Å². The van der Waals surface area contributed by atoms with Crippen LogP contribution in [0.1, 0.15) is 18.4 Å². The average Bonchev–Trinajstić information content (AvgIpc) is 3.10. The molecular formula is C15H18N2O. The van der Waals surface area contributed by atoms with E-state index < -0.39 is 0 Å². The van der Waals surface area contributed by atoms with E-state index in [4.69, 9.17) is 4.74 Å². The largest absolute Gasteiger partial charge is 0.379 e. The molecule has 0 radical (unpaired) electrons. The fourth-order valence-corrected chi connectivity index (χ4v) is 2.93. The molecule has 0 amide bonds. The highest BCUT2D eigenvalue weighted by Crippen LogP contribution is 2.62. The zero-order valence-corrected chi connectivity index (χ0v) is 10.9. The summed E-state index contributed by atoms with van der Waals surface area (Å²) in [7, 11) is 4.07. The lowest BCUT2D eigenvalue weighted by atomic mass is 9.66. The van der Waals surface area contributed by atoms with Gasteiger partial charge in [0.15, 0.2) is 0 Å². The molecule has 1 aliphatic carbocycles. The monoisotopic (exact) mass is 242 g/mol. The fourth-order valence-electron chi connectivity index (χ4n) is 2.93. The maximum Gasteiger partial charge on any atom is 0.0716 e. The molecule has 0 N–H and O–H groups in total. The molecule has 3 rings (SSSR count). The number of hydrogen-bond donors (Lipinski definition) is 0. The summed E-state index contributed by atoms with van der Waals surface area (Å²) < 4.78 is 5.44. The molecule has 94 valence electrons. The van der Waals surface area contributed by atoms with E-state index in [-0.39, 0.29) is 10.8 Å². The topological polar surface area (TPSA) is 36.3 Å². The van der Waals surface area contributed by atoms with Crippen LogP contribution >= 0.6 is 0 Å². The van der Waals surface area contributed by atoms with Crippen LogP contribution in [0.4, 0.5) is 5.69 Å². The van der Waals surface area contributed by atoms with Crippen LogP contribution in [0.15, 0.2) is 24.3 Å². The molecule has 1 saturated heterocycles. The third-order valence-electron chi connectivity index (χ3n) is 4.51. The van der Waals surface area contributed by atoms with Gasteiger partial charge in [0, 0.05) is 19.8 Å². The van der Waals surface area contributed by atoms with Crippen molar-refractivity contribution in [3.63, 3.8) is 0 Å². The molecule has 1 heterocycles. The second-order valence-electron chi connectivity index (χ2n) is 5.71. The van der Waals surface area contributed by atoms with Crippen LogP contribution in [0.2, 0.25) is 0 Å². The van der Waals surface area contributed by atoms with Crippen molar-refractivity contribution in [1.29, 1.82) is 5.26 Å². The van der Waals surface area contributed by atoms with Gasteiger partial charge in [-0.15, -0.1) is 0 Å². The van der Waals surface area contributed by atoms with Crippen LogP contribution in [0.5, 0.6) is 0 Å². The first-order valence-corrected chi connectivity index (χ1v) is 6.40. The van der Waals surface area contributed by atoms with E-state index in [0.29, 0.717) is 13.2 Å². The Bertz CT molecular complexity index is 490. The summed E-state index contributed by atoms with van der Waals surface area (Å²) in [6.45, 7) is 1.39. The van der Waals surface area contributed by atoms with Gasteiger partial charge in [-0.3, -0.25) is 0 Å². The first-order valence-electron chi connectivity index (χ1n) is 6.40. The number of ether oxygens (including phenoxy) is 1. The van der Waals surface area contributed by atoms with Crippen LogP contribution in [0.3, 0.4) is 0 Å². The predicted molar refractivity (Wildman–Crippen MR) is 70.5 cm³/mol. The van der Waals surface area contributed by atoms with Crippen molar-refractivity contribution >= 4 is 5.69 Å². The van der Waals surface area contributed by atoms with Crippen molar-refractivity contribution < 1.29 is 4.74 Å². The Labute approximate surface area is 108 Å². The SMILES string of the molecule is CN(C)c1ccc(C2(C3(C#N)CC3)COC2)cc1. The molecule has 1 saturated carbocycles. The van der Waals surface area contributed by atoms with E-state index in [1.54, 1.807) is 0 Å². The quantitative estimate of drug-likeness (QED) is 0.816. The molecule has 18 heavy (non-hydrogen) atoms. The highest BCUT2D eigenvalue weighted by Gasteiger charge is 2.64. The Kier molecular flexibility index (Phi) is 2.39. The Hall–Kier alpha value is -1.53. The maximum atomic E-state index is 9.45.